The third-order valence-electron chi connectivity index (χ3n) is 2.52. The highest BCUT2D eigenvalue weighted by Crippen LogP contribution is 2.38. The number of benzene rings is 1. The van der Waals surface area contributed by atoms with E-state index in [0.717, 1.165) is 12.1 Å². The van der Waals surface area contributed by atoms with E-state index in [0.29, 0.717) is 11.3 Å². The summed E-state index contributed by atoms with van der Waals surface area (Å²) in [6.07, 6.45) is -4.80. The molecule has 2 rings (SSSR count). The lowest BCUT2D eigenvalue weighted by molar-refractivity contribution is -0.141. The van der Waals surface area contributed by atoms with Crippen molar-refractivity contribution in [3.05, 3.63) is 39.6 Å². The maximum Gasteiger partial charge on any atom is 0.435 e. The van der Waals surface area contributed by atoms with Gasteiger partial charge in [-0.25, -0.2) is 14.2 Å². The van der Waals surface area contributed by atoms with Gasteiger partial charge < -0.3 is 4.74 Å². The van der Waals surface area contributed by atoms with E-state index in [1.807, 2.05) is 0 Å². The Morgan fingerprint density at radius 2 is 2.09 bits per heavy atom. The molecule has 0 aliphatic rings. The van der Waals surface area contributed by atoms with Crippen LogP contribution in [0, 0.1) is 5.82 Å². The summed E-state index contributed by atoms with van der Waals surface area (Å²) in [4.78, 5) is 14.4. The fraction of sp³-hybridized carbons (Fsp3) is 0.231. The van der Waals surface area contributed by atoms with Gasteiger partial charge in [-0.1, -0.05) is 11.6 Å². The number of halogens is 5. The van der Waals surface area contributed by atoms with Crippen LogP contribution in [-0.2, 0) is 10.9 Å². The van der Waals surface area contributed by atoms with Gasteiger partial charge in [0, 0.05) is 5.56 Å². The molecule has 0 atom stereocenters. The van der Waals surface area contributed by atoms with E-state index < -0.39 is 28.5 Å². The van der Waals surface area contributed by atoms with Gasteiger partial charge in [0.1, 0.15) is 15.7 Å². The highest BCUT2D eigenvalue weighted by molar-refractivity contribution is 7.17. The number of thiazole rings is 1. The summed E-state index contributed by atoms with van der Waals surface area (Å²) in [5, 5.41) is -0.351. The Labute approximate surface area is 131 Å². The number of hydrogen-bond acceptors (Lipinski definition) is 4. The molecule has 1 heterocycles. The van der Waals surface area contributed by atoms with Crippen LogP contribution in [0.2, 0.25) is 5.02 Å². The Balaban J connectivity index is 2.54. The largest absolute Gasteiger partial charge is 0.462 e. The summed E-state index contributed by atoms with van der Waals surface area (Å²) in [5.41, 5.74) is -1.15. The van der Waals surface area contributed by atoms with Crippen molar-refractivity contribution in [2.45, 2.75) is 13.1 Å². The summed E-state index contributed by atoms with van der Waals surface area (Å²) in [6.45, 7) is 1.42. The third-order valence-corrected chi connectivity index (χ3v) is 3.90. The first-order valence-electron chi connectivity index (χ1n) is 5.94. The van der Waals surface area contributed by atoms with Crippen LogP contribution < -0.4 is 0 Å². The molecule has 0 amide bonds. The van der Waals surface area contributed by atoms with Gasteiger partial charge in [-0.3, -0.25) is 0 Å². The van der Waals surface area contributed by atoms with Gasteiger partial charge in [-0.15, -0.1) is 11.3 Å². The Hall–Kier alpha value is -1.67. The second-order valence-electron chi connectivity index (χ2n) is 4.04. The van der Waals surface area contributed by atoms with E-state index in [-0.39, 0.29) is 22.2 Å². The number of nitrogens with zero attached hydrogens (tertiary/aromatic N) is 1. The van der Waals surface area contributed by atoms with Crippen LogP contribution in [0.5, 0.6) is 0 Å². The van der Waals surface area contributed by atoms with Crippen molar-refractivity contribution in [2.75, 3.05) is 6.61 Å². The Kier molecular flexibility index (Phi) is 4.72. The van der Waals surface area contributed by atoms with Crippen LogP contribution >= 0.6 is 22.9 Å². The molecule has 0 fully saturated rings. The lowest BCUT2D eigenvalue weighted by atomic mass is 10.2. The average Bonchev–Trinajstić information content (AvgIpc) is 2.87. The van der Waals surface area contributed by atoms with Crippen LogP contribution in [-0.4, -0.2) is 17.6 Å². The molecule has 0 spiro atoms. The highest BCUT2D eigenvalue weighted by atomic mass is 35.5. The summed E-state index contributed by atoms with van der Waals surface area (Å²) < 4.78 is 56.6. The van der Waals surface area contributed by atoms with Crippen LogP contribution in [0.3, 0.4) is 0 Å². The standard InChI is InChI=1S/C13H8ClF4NO2S/c1-2-21-12(20)9-10(13(16,17)18)19-11(22-9)6-3-4-8(15)7(14)5-6/h3-5H,2H2,1H3. The number of carbonyl (C=O) groups excluding carboxylic acids is 1. The fourth-order valence-corrected chi connectivity index (χ4v) is 2.76. The zero-order valence-corrected chi connectivity index (χ0v) is 12.6. The molecule has 0 radical (unpaired) electrons. The summed E-state index contributed by atoms with van der Waals surface area (Å²) in [6, 6.07) is 3.39. The molecule has 118 valence electrons. The normalized spacial score (nSPS) is 11.5. The molecule has 1 aromatic heterocycles. The first-order valence-corrected chi connectivity index (χ1v) is 7.14. The lowest BCUT2D eigenvalue weighted by Gasteiger charge is -2.05. The van der Waals surface area contributed by atoms with Gasteiger partial charge in [-0.2, -0.15) is 13.2 Å². The fourth-order valence-electron chi connectivity index (χ4n) is 1.60. The molecule has 0 unspecified atom stereocenters. The predicted molar refractivity (Wildman–Crippen MR) is 73.5 cm³/mol. The molecule has 0 aliphatic carbocycles. The molecule has 2 aromatic rings. The first-order chi connectivity index (χ1) is 10.2. The molecule has 1 aromatic carbocycles. The average molecular weight is 354 g/mol. The van der Waals surface area contributed by atoms with E-state index in [9.17, 15) is 22.4 Å². The maximum absolute atomic E-state index is 13.1. The Morgan fingerprint density at radius 3 is 2.64 bits per heavy atom. The molecule has 3 nitrogen and oxygen atoms in total. The monoisotopic (exact) mass is 353 g/mol. The Bertz CT molecular complexity index is 715. The SMILES string of the molecule is CCOC(=O)c1sc(-c2ccc(F)c(Cl)c2)nc1C(F)(F)F. The first kappa shape index (κ1) is 16.7. The van der Waals surface area contributed by atoms with Crippen molar-refractivity contribution in [3.8, 4) is 10.6 Å². The second-order valence-corrected chi connectivity index (χ2v) is 5.45. The van der Waals surface area contributed by atoms with E-state index in [2.05, 4.69) is 9.72 Å². The van der Waals surface area contributed by atoms with Crippen molar-refractivity contribution < 1.29 is 27.1 Å². The van der Waals surface area contributed by atoms with E-state index in [4.69, 9.17) is 11.6 Å². The molecular weight excluding hydrogens is 346 g/mol. The Morgan fingerprint density at radius 1 is 1.41 bits per heavy atom. The zero-order valence-electron chi connectivity index (χ0n) is 11.0. The van der Waals surface area contributed by atoms with Crippen LogP contribution in [0.1, 0.15) is 22.3 Å². The molecule has 0 bridgehead atoms. The van der Waals surface area contributed by atoms with Crippen LogP contribution in [0.25, 0.3) is 10.6 Å². The predicted octanol–water partition coefficient (Wildman–Crippen LogP) is 4.80. The molecular formula is C13H8ClF4NO2S. The van der Waals surface area contributed by atoms with Crippen molar-refractivity contribution in [2.24, 2.45) is 0 Å². The zero-order chi connectivity index (χ0) is 16.5. The number of ether oxygens (including phenoxy) is 1. The maximum atomic E-state index is 13.1. The highest BCUT2D eigenvalue weighted by Gasteiger charge is 2.40. The van der Waals surface area contributed by atoms with E-state index in [1.54, 1.807) is 0 Å². The topological polar surface area (TPSA) is 39.2 Å². The van der Waals surface area contributed by atoms with Gasteiger partial charge in [0.25, 0.3) is 0 Å². The summed E-state index contributed by atoms with van der Waals surface area (Å²) in [7, 11) is 0. The van der Waals surface area contributed by atoms with Crippen molar-refractivity contribution >= 4 is 28.9 Å². The van der Waals surface area contributed by atoms with Crippen molar-refractivity contribution in [3.63, 3.8) is 0 Å². The molecule has 0 saturated carbocycles. The van der Waals surface area contributed by atoms with Gasteiger partial charge in [0.2, 0.25) is 0 Å². The molecule has 0 saturated heterocycles. The minimum absolute atomic E-state index is 0.0637. The number of hydrogen-bond donors (Lipinski definition) is 0. The number of carbonyl (C=O) groups is 1. The number of rotatable bonds is 3. The van der Waals surface area contributed by atoms with Crippen LogP contribution in [0.4, 0.5) is 17.6 Å². The number of esters is 1. The van der Waals surface area contributed by atoms with Crippen LogP contribution in [0.15, 0.2) is 18.2 Å². The molecule has 9 heteroatoms. The summed E-state index contributed by atoms with van der Waals surface area (Å²) in [5.74, 6) is -1.81. The minimum Gasteiger partial charge on any atom is -0.462 e. The third kappa shape index (κ3) is 3.38. The summed E-state index contributed by atoms with van der Waals surface area (Å²) >= 11 is 6.12. The van der Waals surface area contributed by atoms with Crippen molar-refractivity contribution in [1.29, 1.82) is 0 Å². The number of aromatic nitrogens is 1. The van der Waals surface area contributed by atoms with Gasteiger partial charge >= 0.3 is 12.1 Å². The van der Waals surface area contributed by atoms with Gasteiger partial charge in [0.15, 0.2) is 5.69 Å². The van der Waals surface area contributed by atoms with Crippen molar-refractivity contribution in [1.82, 2.24) is 4.98 Å². The number of alkyl halides is 3. The lowest BCUT2D eigenvalue weighted by Crippen LogP contribution is -2.13. The second kappa shape index (κ2) is 6.21. The van der Waals surface area contributed by atoms with E-state index in [1.165, 1.54) is 13.0 Å². The van der Waals surface area contributed by atoms with Gasteiger partial charge in [0.05, 0.1) is 11.6 Å². The quantitative estimate of drug-likeness (QED) is 0.588. The van der Waals surface area contributed by atoms with E-state index >= 15 is 0 Å². The smallest absolute Gasteiger partial charge is 0.435 e. The molecule has 22 heavy (non-hydrogen) atoms. The van der Waals surface area contributed by atoms with Gasteiger partial charge in [-0.05, 0) is 25.1 Å². The molecule has 0 N–H and O–H groups in total. The minimum atomic E-state index is -4.80. The molecule has 0 aliphatic heterocycles.